The van der Waals surface area contributed by atoms with Gasteiger partial charge in [0.25, 0.3) is 0 Å². The number of aromatic hydroxyl groups is 1. The lowest BCUT2D eigenvalue weighted by Crippen LogP contribution is -2.32. The number of nitrogens with one attached hydrogen (secondary N) is 2. The molecule has 1 aromatic heterocycles. The fourth-order valence-corrected chi connectivity index (χ4v) is 3.65. The number of benzene rings is 3. The number of ether oxygens (including phenoxy) is 1. The van der Waals surface area contributed by atoms with E-state index in [1.165, 1.54) is 19.4 Å². The Morgan fingerprint density at radius 3 is 2.59 bits per heavy atom. The smallest absolute Gasteiger partial charge is 0.329 e. The highest BCUT2D eigenvalue weighted by Crippen LogP contribution is 2.31. The molecule has 2 amide bonds. The summed E-state index contributed by atoms with van der Waals surface area (Å²) in [7, 11) is 1.43. The van der Waals surface area contributed by atoms with E-state index < -0.39 is 11.8 Å². The molecule has 8 heteroatoms. The number of aromatic nitrogens is 1. The minimum atomic E-state index is -0.900. The molecule has 3 N–H and O–H groups in total. The Balaban J connectivity index is 1.47. The molecule has 0 aliphatic rings. The molecule has 4 aromatic rings. The molecule has 0 aliphatic heterocycles. The van der Waals surface area contributed by atoms with Crippen LogP contribution in [0.1, 0.15) is 12.5 Å². The average molecular weight is 430 g/mol. The Bertz CT molecular complexity index is 1360. The van der Waals surface area contributed by atoms with Gasteiger partial charge >= 0.3 is 11.8 Å². The van der Waals surface area contributed by atoms with Gasteiger partial charge in [0.1, 0.15) is 0 Å². The third kappa shape index (κ3) is 3.98. The van der Waals surface area contributed by atoms with Crippen molar-refractivity contribution in [2.45, 2.75) is 13.5 Å². The van der Waals surface area contributed by atoms with Crippen molar-refractivity contribution in [2.75, 3.05) is 12.4 Å². The number of methoxy groups -OCH3 is 1. The lowest BCUT2D eigenvalue weighted by molar-refractivity contribution is -0.136. The first-order chi connectivity index (χ1) is 15.5. The summed E-state index contributed by atoms with van der Waals surface area (Å²) in [6.07, 6.45) is 1.35. The normalized spacial score (nSPS) is 11.2. The molecule has 0 atom stereocenters. The predicted molar refractivity (Wildman–Crippen MR) is 124 cm³/mol. The van der Waals surface area contributed by atoms with Crippen LogP contribution in [0, 0.1) is 0 Å². The highest BCUT2D eigenvalue weighted by molar-refractivity contribution is 6.39. The Kier molecular flexibility index (Phi) is 5.76. The summed E-state index contributed by atoms with van der Waals surface area (Å²) in [6, 6.07) is 18.2. The molecule has 0 saturated heterocycles. The van der Waals surface area contributed by atoms with E-state index in [1.807, 2.05) is 30.3 Å². The van der Waals surface area contributed by atoms with Crippen LogP contribution < -0.4 is 15.5 Å². The first-order valence-electron chi connectivity index (χ1n) is 10.0. The van der Waals surface area contributed by atoms with Crippen molar-refractivity contribution in [1.82, 2.24) is 9.99 Å². The summed E-state index contributed by atoms with van der Waals surface area (Å²) in [5.74, 6) is -1.46. The number of amides is 2. The molecule has 0 bridgehead atoms. The standard InChI is InChI=1S/C24H22N4O4/c1-3-28-19-7-5-4-6-17(19)18-13-16(9-10-20(18)28)26-23(30)24(31)27-25-14-15-8-11-21(29)22(12-15)32-2/h4-14,29H,3H2,1-2H3,(H,26,30)(H,27,31). The Labute approximate surface area is 184 Å². The number of anilines is 1. The number of nitrogens with zero attached hydrogens (tertiary/aromatic N) is 2. The number of hydrogen-bond acceptors (Lipinski definition) is 5. The molecule has 0 aliphatic carbocycles. The summed E-state index contributed by atoms with van der Waals surface area (Å²) < 4.78 is 7.22. The van der Waals surface area contributed by atoms with E-state index >= 15 is 0 Å². The number of carbonyl (C=O) groups excluding carboxylic acids is 2. The number of para-hydroxylation sites is 1. The minimum Gasteiger partial charge on any atom is -0.504 e. The van der Waals surface area contributed by atoms with E-state index in [2.05, 4.69) is 33.4 Å². The zero-order valence-electron chi connectivity index (χ0n) is 17.6. The van der Waals surface area contributed by atoms with Crippen molar-refractivity contribution in [3.63, 3.8) is 0 Å². The van der Waals surface area contributed by atoms with E-state index in [0.717, 1.165) is 28.4 Å². The van der Waals surface area contributed by atoms with E-state index in [9.17, 15) is 14.7 Å². The summed E-state index contributed by atoms with van der Waals surface area (Å²) in [6.45, 7) is 2.91. The van der Waals surface area contributed by atoms with E-state index in [4.69, 9.17) is 4.74 Å². The number of hydrogen-bond donors (Lipinski definition) is 3. The highest BCUT2D eigenvalue weighted by Gasteiger charge is 2.15. The monoisotopic (exact) mass is 430 g/mol. The topological polar surface area (TPSA) is 105 Å². The van der Waals surface area contributed by atoms with Gasteiger partial charge in [-0.15, -0.1) is 0 Å². The fraction of sp³-hybridized carbons (Fsp3) is 0.125. The predicted octanol–water partition coefficient (Wildman–Crippen LogP) is 3.62. The minimum absolute atomic E-state index is 0.00732. The second kappa shape index (κ2) is 8.81. The number of fused-ring (bicyclic) bond motifs is 3. The number of aryl methyl sites for hydroxylation is 1. The molecule has 0 spiro atoms. The van der Waals surface area contributed by atoms with Crippen molar-refractivity contribution in [3.8, 4) is 11.5 Å². The van der Waals surface area contributed by atoms with Crippen LogP contribution in [0.3, 0.4) is 0 Å². The molecular formula is C24H22N4O4. The maximum absolute atomic E-state index is 12.3. The second-order valence-corrected chi connectivity index (χ2v) is 7.08. The van der Waals surface area contributed by atoms with Gasteiger partial charge in [-0.05, 0) is 55.0 Å². The highest BCUT2D eigenvalue weighted by atomic mass is 16.5. The molecule has 4 rings (SSSR count). The van der Waals surface area contributed by atoms with E-state index in [-0.39, 0.29) is 11.5 Å². The fourth-order valence-electron chi connectivity index (χ4n) is 3.65. The van der Waals surface area contributed by atoms with Gasteiger partial charge in [-0.1, -0.05) is 18.2 Å². The van der Waals surface area contributed by atoms with Gasteiger partial charge in [0.15, 0.2) is 11.5 Å². The Morgan fingerprint density at radius 1 is 1.03 bits per heavy atom. The lowest BCUT2D eigenvalue weighted by Gasteiger charge is -2.06. The number of rotatable bonds is 5. The molecule has 0 fully saturated rings. The van der Waals surface area contributed by atoms with Gasteiger partial charge in [0.2, 0.25) is 0 Å². The van der Waals surface area contributed by atoms with Gasteiger partial charge in [-0.25, -0.2) is 5.43 Å². The summed E-state index contributed by atoms with van der Waals surface area (Å²) in [5, 5.41) is 18.1. The van der Waals surface area contributed by atoms with Crippen molar-refractivity contribution >= 4 is 45.5 Å². The summed E-state index contributed by atoms with van der Waals surface area (Å²) >= 11 is 0. The number of carbonyl (C=O) groups is 2. The molecule has 0 radical (unpaired) electrons. The number of phenolic OH excluding ortho intramolecular Hbond substituents is 1. The zero-order chi connectivity index (χ0) is 22.7. The maximum Gasteiger partial charge on any atom is 0.329 e. The molecular weight excluding hydrogens is 408 g/mol. The maximum atomic E-state index is 12.3. The number of hydrazone groups is 1. The van der Waals surface area contributed by atoms with Crippen LogP contribution in [0.15, 0.2) is 65.8 Å². The van der Waals surface area contributed by atoms with Crippen molar-refractivity contribution in [2.24, 2.45) is 5.10 Å². The third-order valence-electron chi connectivity index (χ3n) is 5.14. The van der Waals surface area contributed by atoms with E-state index in [0.29, 0.717) is 11.3 Å². The van der Waals surface area contributed by atoms with Gasteiger partial charge in [-0.2, -0.15) is 5.10 Å². The zero-order valence-corrected chi connectivity index (χ0v) is 17.6. The van der Waals surface area contributed by atoms with Crippen LogP contribution in [0.5, 0.6) is 11.5 Å². The van der Waals surface area contributed by atoms with Crippen LogP contribution in [0.2, 0.25) is 0 Å². The average Bonchev–Trinajstić information content (AvgIpc) is 3.13. The molecule has 8 nitrogen and oxygen atoms in total. The van der Waals surface area contributed by atoms with Crippen molar-refractivity contribution in [3.05, 3.63) is 66.2 Å². The van der Waals surface area contributed by atoms with Gasteiger partial charge in [0, 0.05) is 34.0 Å². The lowest BCUT2D eigenvalue weighted by atomic mass is 10.1. The molecule has 162 valence electrons. The quantitative estimate of drug-likeness (QED) is 0.255. The SMILES string of the molecule is CCn1c2ccccc2c2cc(NC(=O)C(=O)NN=Cc3ccc(O)c(OC)c3)ccc21. The Morgan fingerprint density at radius 2 is 1.81 bits per heavy atom. The van der Waals surface area contributed by atoms with Gasteiger partial charge in [-0.3, -0.25) is 9.59 Å². The largest absolute Gasteiger partial charge is 0.504 e. The first-order valence-corrected chi connectivity index (χ1v) is 10.0. The summed E-state index contributed by atoms with van der Waals surface area (Å²) in [5.41, 5.74) is 5.47. The van der Waals surface area contributed by atoms with Crippen LogP contribution in [0.25, 0.3) is 21.8 Å². The van der Waals surface area contributed by atoms with Crippen LogP contribution in [-0.2, 0) is 16.1 Å². The van der Waals surface area contributed by atoms with Crippen LogP contribution in [0.4, 0.5) is 5.69 Å². The van der Waals surface area contributed by atoms with Crippen LogP contribution in [-0.4, -0.2) is 34.8 Å². The molecule has 32 heavy (non-hydrogen) atoms. The molecule has 0 saturated carbocycles. The third-order valence-corrected chi connectivity index (χ3v) is 5.14. The molecule has 3 aromatic carbocycles. The van der Waals surface area contributed by atoms with E-state index in [1.54, 1.807) is 18.2 Å². The van der Waals surface area contributed by atoms with Crippen LogP contribution >= 0.6 is 0 Å². The van der Waals surface area contributed by atoms with Crippen molar-refractivity contribution < 1.29 is 19.4 Å². The molecule has 0 unspecified atom stereocenters. The molecule has 1 heterocycles. The second-order valence-electron chi connectivity index (χ2n) is 7.08. The van der Waals surface area contributed by atoms with Gasteiger partial charge in [0.05, 0.1) is 13.3 Å². The van der Waals surface area contributed by atoms with Gasteiger partial charge < -0.3 is 19.7 Å². The van der Waals surface area contributed by atoms with Crippen molar-refractivity contribution in [1.29, 1.82) is 0 Å². The Hall–Kier alpha value is -4.33. The number of phenols is 1. The first kappa shape index (κ1) is 20.9. The summed E-state index contributed by atoms with van der Waals surface area (Å²) in [4.78, 5) is 24.4.